The second-order valence-corrected chi connectivity index (χ2v) is 6.59. The number of amides is 1. The third kappa shape index (κ3) is 2.24. The van der Waals surface area contributed by atoms with E-state index in [2.05, 4.69) is 11.1 Å². The summed E-state index contributed by atoms with van der Waals surface area (Å²) >= 11 is 0. The smallest absolute Gasteiger partial charge is 0.252 e. The summed E-state index contributed by atoms with van der Waals surface area (Å²) in [4.78, 5) is 18.2. The average Bonchev–Trinajstić information content (AvgIpc) is 2.84. The predicted molar refractivity (Wildman–Crippen MR) is 77.0 cm³/mol. The molecule has 0 aliphatic carbocycles. The van der Waals surface area contributed by atoms with Crippen molar-refractivity contribution in [2.24, 2.45) is 5.41 Å². The number of alkyl halides is 2. The molecule has 2 aliphatic rings. The second kappa shape index (κ2) is 5.15. The first-order valence-electron chi connectivity index (χ1n) is 7.42. The molecule has 0 aromatic carbocycles. The Morgan fingerprint density at radius 2 is 2.26 bits per heavy atom. The van der Waals surface area contributed by atoms with Gasteiger partial charge in [0.15, 0.2) is 0 Å². The van der Waals surface area contributed by atoms with E-state index >= 15 is 0 Å². The van der Waals surface area contributed by atoms with E-state index in [0.29, 0.717) is 29.0 Å². The number of aromatic nitrogens is 1. The van der Waals surface area contributed by atoms with E-state index < -0.39 is 17.7 Å². The maximum absolute atomic E-state index is 13.2. The summed E-state index contributed by atoms with van der Waals surface area (Å²) in [7, 11) is 0. The van der Waals surface area contributed by atoms with Crippen LogP contribution in [0.5, 0.6) is 5.75 Å². The van der Waals surface area contributed by atoms with Gasteiger partial charge in [-0.2, -0.15) is 5.26 Å². The summed E-state index contributed by atoms with van der Waals surface area (Å²) in [6.07, 6.45) is -0.915. The van der Waals surface area contributed by atoms with Crippen LogP contribution in [-0.2, 0) is 4.79 Å². The zero-order valence-corrected chi connectivity index (χ0v) is 13.1. The molecule has 1 aromatic heterocycles. The Balaban J connectivity index is 2.02. The quantitative estimate of drug-likeness (QED) is 0.840. The molecule has 122 valence electrons. The Morgan fingerprint density at radius 3 is 2.87 bits per heavy atom. The summed E-state index contributed by atoms with van der Waals surface area (Å²) in [6, 6.07) is 1.71. The fourth-order valence-electron chi connectivity index (χ4n) is 3.13. The number of pyridine rings is 1. The fourth-order valence-corrected chi connectivity index (χ4v) is 3.13. The van der Waals surface area contributed by atoms with Crippen LogP contribution in [-0.4, -0.2) is 34.9 Å². The first kappa shape index (κ1) is 15.7. The van der Waals surface area contributed by atoms with Crippen molar-refractivity contribution in [2.45, 2.75) is 45.8 Å². The number of nitriles is 1. The lowest BCUT2D eigenvalue weighted by Gasteiger charge is -2.32. The van der Waals surface area contributed by atoms with Gasteiger partial charge in [-0.15, -0.1) is 0 Å². The number of carbonyl (C=O) groups excluding carboxylic acids is 1. The number of ether oxygens (including phenoxy) is 1. The molecule has 0 spiro atoms. The lowest BCUT2D eigenvalue weighted by atomic mass is 9.91. The van der Waals surface area contributed by atoms with Gasteiger partial charge in [0, 0.05) is 18.2 Å². The lowest BCUT2D eigenvalue weighted by Crippen LogP contribution is -2.44. The van der Waals surface area contributed by atoms with Crippen molar-refractivity contribution < 1.29 is 18.3 Å². The molecule has 23 heavy (non-hydrogen) atoms. The molecule has 1 aromatic rings. The number of nitrogens with zero attached hydrogens (tertiary/aromatic N) is 3. The van der Waals surface area contributed by atoms with E-state index in [-0.39, 0.29) is 18.7 Å². The minimum Gasteiger partial charge on any atom is -0.487 e. The Morgan fingerprint density at radius 1 is 1.57 bits per heavy atom. The number of likely N-dealkylation sites (tertiary alicyclic amines) is 1. The molecule has 0 unspecified atom stereocenters. The van der Waals surface area contributed by atoms with E-state index in [1.54, 1.807) is 13.1 Å². The fraction of sp³-hybridized carbons (Fsp3) is 0.562. The van der Waals surface area contributed by atoms with Gasteiger partial charge in [-0.25, -0.2) is 8.78 Å². The van der Waals surface area contributed by atoms with Gasteiger partial charge in [0.25, 0.3) is 6.43 Å². The molecule has 7 heteroatoms. The number of hydrogen-bond donors (Lipinski definition) is 0. The third-order valence-electron chi connectivity index (χ3n) is 4.62. The number of fused-ring (bicyclic) bond motifs is 4. The molecular formula is C16H17F2N3O2. The van der Waals surface area contributed by atoms with Crippen LogP contribution in [0.15, 0.2) is 6.20 Å². The summed E-state index contributed by atoms with van der Waals surface area (Å²) < 4.78 is 32.2. The summed E-state index contributed by atoms with van der Waals surface area (Å²) in [6.45, 7) is 4.45. The highest BCUT2D eigenvalue weighted by Gasteiger charge is 2.49. The SMILES string of the molecule is Cc1ncc2c(c1C#N)O[C@H]1C[C@@H]2N(C(=O)C(C)(C)C(F)F)C1. The van der Waals surface area contributed by atoms with Crippen molar-refractivity contribution in [3.63, 3.8) is 0 Å². The third-order valence-corrected chi connectivity index (χ3v) is 4.62. The van der Waals surface area contributed by atoms with Crippen LogP contribution in [0, 0.1) is 23.7 Å². The van der Waals surface area contributed by atoms with Crippen molar-refractivity contribution >= 4 is 5.91 Å². The average molecular weight is 321 g/mol. The molecule has 0 saturated carbocycles. The van der Waals surface area contributed by atoms with Crippen LogP contribution < -0.4 is 4.74 Å². The number of rotatable bonds is 2. The van der Waals surface area contributed by atoms with Crippen LogP contribution in [0.3, 0.4) is 0 Å². The highest BCUT2D eigenvalue weighted by molar-refractivity contribution is 5.83. The minimum absolute atomic E-state index is 0.248. The molecule has 3 rings (SSSR count). The van der Waals surface area contributed by atoms with E-state index in [1.807, 2.05) is 0 Å². The van der Waals surface area contributed by atoms with Gasteiger partial charge < -0.3 is 9.64 Å². The molecule has 1 saturated heterocycles. The molecule has 2 bridgehead atoms. The van der Waals surface area contributed by atoms with Gasteiger partial charge in [0.2, 0.25) is 5.91 Å². The lowest BCUT2D eigenvalue weighted by molar-refractivity contribution is -0.149. The normalized spacial score (nSPS) is 22.6. The largest absolute Gasteiger partial charge is 0.487 e. The molecule has 1 fully saturated rings. The number of hydrogen-bond acceptors (Lipinski definition) is 4. The first-order valence-corrected chi connectivity index (χ1v) is 7.42. The van der Waals surface area contributed by atoms with Crippen LogP contribution in [0.4, 0.5) is 8.78 Å². The van der Waals surface area contributed by atoms with E-state index in [9.17, 15) is 18.8 Å². The highest BCUT2D eigenvalue weighted by Crippen LogP contribution is 2.46. The van der Waals surface area contributed by atoms with Crippen molar-refractivity contribution in [3.05, 3.63) is 23.0 Å². The molecule has 3 heterocycles. The molecule has 0 N–H and O–H groups in total. The van der Waals surface area contributed by atoms with Crippen molar-refractivity contribution in [1.82, 2.24) is 9.88 Å². The maximum Gasteiger partial charge on any atom is 0.252 e. The Labute approximate surface area is 132 Å². The molecule has 1 amide bonds. The molecule has 2 atom stereocenters. The summed E-state index contributed by atoms with van der Waals surface area (Å²) in [5, 5.41) is 9.29. The molecule has 2 aliphatic heterocycles. The van der Waals surface area contributed by atoms with Crippen molar-refractivity contribution in [1.29, 1.82) is 5.26 Å². The van der Waals surface area contributed by atoms with Gasteiger partial charge in [-0.05, 0) is 20.8 Å². The number of aryl methyl sites for hydroxylation is 1. The van der Waals surface area contributed by atoms with E-state index in [0.717, 1.165) is 0 Å². The monoisotopic (exact) mass is 321 g/mol. The maximum atomic E-state index is 13.2. The highest BCUT2D eigenvalue weighted by atomic mass is 19.3. The predicted octanol–water partition coefficient (Wildman–Crippen LogP) is 2.59. The summed E-state index contributed by atoms with van der Waals surface area (Å²) in [5.74, 6) is -0.165. The van der Waals surface area contributed by atoms with Gasteiger partial charge >= 0.3 is 0 Å². The second-order valence-electron chi connectivity index (χ2n) is 6.59. The van der Waals surface area contributed by atoms with E-state index in [4.69, 9.17) is 4.74 Å². The van der Waals surface area contributed by atoms with Crippen LogP contribution in [0.25, 0.3) is 0 Å². The van der Waals surface area contributed by atoms with Gasteiger partial charge in [-0.3, -0.25) is 9.78 Å². The standard InChI is InChI=1S/C16H17F2N3O2/c1-8-10(5-19)13-11(6-20-8)12-4-9(23-13)7-21(12)15(22)16(2,3)14(17)18/h6,9,12,14H,4,7H2,1-3H3/t9-,12-/m0/s1. The van der Waals surface area contributed by atoms with Gasteiger partial charge in [0.1, 0.15) is 28.9 Å². The van der Waals surface area contributed by atoms with Gasteiger partial charge in [0.05, 0.1) is 18.3 Å². The van der Waals surface area contributed by atoms with Crippen LogP contribution in [0.2, 0.25) is 0 Å². The first-order chi connectivity index (χ1) is 10.8. The number of halogens is 2. The zero-order chi connectivity index (χ0) is 16.9. The van der Waals surface area contributed by atoms with Crippen molar-refractivity contribution in [3.8, 4) is 11.8 Å². The summed E-state index contributed by atoms with van der Waals surface area (Å²) in [5.41, 5.74) is -0.231. The molecule has 0 radical (unpaired) electrons. The van der Waals surface area contributed by atoms with Crippen LogP contribution in [0.1, 0.15) is 43.1 Å². The van der Waals surface area contributed by atoms with Gasteiger partial charge in [-0.1, -0.05) is 0 Å². The zero-order valence-electron chi connectivity index (χ0n) is 13.1. The topological polar surface area (TPSA) is 66.2 Å². The molecular weight excluding hydrogens is 304 g/mol. The Kier molecular flexibility index (Phi) is 3.51. The van der Waals surface area contributed by atoms with E-state index in [1.165, 1.54) is 18.7 Å². The Bertz CT molecular complexity index is 712. The van der Waals surface area contributed by atoms with Crippen molar-refractivity contribution in [2.75, 3.05) is 6.54 Å². The minimum atomic E-state index is -2.75. The Hall–Kier alpha value is -2.23. The van der Waals surface area contributed by atoms with Crippen LogP contribution >= 0.6 is 0 Å². The molecule has 5 nitrogen and oxygen atoms in total. The number of carbonyl (C=O) groups is 1.